The van der Waals surface area contributed by atoms with E-state index in [4.69, 9.17) is 5.73 Å². The summed E-state index contributed by atoms with van der Waals surface area (Å²) in [7, 11) is 1.69. The second-order valence-corrected chi connectivity index (χ2v) is 4.66. The van der Waals surface area contributed by atoms with Crippen LogP contribution in [0.2, 0.25) is 0 Å². The summed E-state index contributed by atoms with van der Waals surface area (Å²) in [6, 6.07) is 3.93. The van der Waals surface area contributed by atoms with Crippen LogP contribution in [0.1, 0.15) is 23.2 Å². The lowest BCUT2D eigenvalue weighted by Crippen LogP contribution is -2.29. The first-order valence-corrected chi connectivity index (χ1v) is 5.78. The summed E-state index contributed by atoms with van der Waals surface area (Å²) in [5, 5.41) is 10.7. The molecule has 96 valence electrons. The largest absolute Gasteiger partial charge is 0.398 e. The van der Waals surface area contributed by atoms with Crippen molar-refractivity contribution in [2.45, 2.75) is 12.8 Å². The van der Waals surface area contributed by atoms with Crippen LogP contribution in [0, 0.1) is 16.0 Å². The molecule has 1 aromatic rings. The topological polar surface area (TPSA) is 89.5 Å². The van der Waals surface area contributed by atoms with Gasteiger partial charge in [0.05, 0.1) is 10.5 Å². The standard InChI is InChI=1S/C12H15N3O3/c1-14(7-8-2-3-8)12(16)10-6-9(15(17)18)4-5-11(10)13/h4-6,8H,2-3,7,13H2,1H3. The first-order valence-electron chi connectivity index (χ1n) is 5.78. The van der Waals surface area contributed by atoms with Gasteiger partial charge in [0.1, 0.15) is 0 Å². The number of benzene rings is 1. The van der Waals surface area contributed by atoms with Gasteiger partial charge < -0.3 is 10.6 Å². The highest BCUT2D eigenvalue weighted by molar-refractivity contribution is 5.99. The number of hydrogen-bond donors (Lipinski definition) is 1. The second kappa shape index (κ2) is 4.64. The van der Waals surface area contributed by atoms with Crippen molar-refractivity contribution < 1.29 is 9.72 Å². The Labute approximate surface area is 105 Å². The zero-order valence-corrected chi connectivity index (χ0v) is 10.1. The Morgan fingerprint density at radius 3 is 2.78 bits per heavy atom. The van der Waals surface area contributed by atoms with Gasteiger partial charge in [-0.15, -0.1) is 0 Å². The Morgan fingerprint density at radius 1 is 1.56 bits per heavy atom. The van der Waals surface area contributed by atoms with Crippen molar-refractivity contribution in [1.29, 1.82) is 0 Å². The van der Waals surface area contributed by atoms with E-state index in [1.807, 2.05) is 0 Å². The minimum absolute atomic E-state index is 0.118. The number of hydrogen-bond acceptors (Lipinski definition) is 4. The molecule has 18 heavy (non-hydrogen) atoms. The summed E-state index contributed by atoms with van der Waals surface area (Å²) >= 11 is 0. The van der Waals surface area contributed by atoms with E-state index in [0.717, 1.165) is 12.8 Å². The Kier molecular flexibility index (Phi) is 3.18. The summed E-state index contributed by atoms with van der Waals surface area (Å²) < 4.78 is 0. The predicted molar refractivity (Wildman–Crippen MR) is 67.2 cm³/mol. The SMILES string of the molecule is CN(CC1CC1)C(=O)c1cc([N+](=O)[O-])ccc1N. The van der Waals surface area contributed by atoms with Crippen LogP contribution >= 0.6 is 0 Å². The zero-order valence-electron chi connectivity index (χ0n) is 10.1. The van der Waals surface area contributed by atoms with E-state index >= 15 is 0 Å². The summed E-state index contributed by atoms with van der Waals surface area (Å²) in [4.78, 5) is 23.9. The quantitative estimate of drug-likeness (QED) is 0.499. The van der Waals surface area contributed by atoms with Crippen molar-refractivity contribution in [2.75, 3.05) is 19.3 Å². The van der Waals surface area contributed by atoms with Crippen molar-refractivity contribution in [3.05, 3.63) is 33.9 Å². The number of nitrogen functional groups attached to an aromatic ring is 1. The van der Waals surface area contributed by atoms with E-state index in [0.29, 0.717) is 12.5 Å². The maximum atomic E-state index is 12.1. The maximum Gasteiger partial charge on any atom is 0.270 e. The number of non-ortho nitro benzene ring substituents is 1. The third kappa shape index (κ3) is 2.58. The molecule has 0 bridgehead atoms. The summed E-state index contributed by atoms with van der Waals surface area (Å²) in [6.07, 6.45) is 2.28. The molecule has 0 aliphatic heterocycles. The lowest BCUT2D eigenvalue weighted by Gasteiger charge is -2.17. The number of rotatable bonds is 4. The first kappa shape index (κ1) is 12.3. The average molecular weight is 249 g/mol. The van der Waals surface area contributed by atoms with Crippen molar-refractivity contribution in [2.24, 2.45) is 5.92 Å². The highest BCUT2D eigenvalue weighted by Gasteiger charge is 2.26. The molecule has 6 nitrogen and oxygen atoms in total. The molecular weight excluding hydrogens is 234 g/mol. The fraction of sp³-hybridized carbons (Fsp3) is 0.417. The van der Waals surface area contributed by atoms with Crippen LogP contribution in [-0.4, -0.2) is 29.3 Å². The molecule has 6 heteroatoms. The number of nitro groups is 1. The minimum Gasteiger partial charge on any atom is -0.398 e. The molecule has 2 N–H and O–H groups in total. The van der Waals surface area contributed by atoms with E-state index in [1.54, 1.807) is 11.9 Å². The zero-order chi connectivity index (χ0) is 13.3. The predicted octanol–water partition coefficient (Wildman–Crippen LogP) is 1.66. The second-order valence-electron chi connectivity index (χ2n) is 4.66. The van der Waals surface area contributed by atoms with Crippen LogP contribution in [0.4, 0.5) is 11.4 Å². The minimum atomic E-state index is -0.531. The molecule has 0 aromatic heterocycles. The van der Waals surface area contributed by atoms with E-state index < -0.39 is 4.92 Å². The van der Waals surface area contributed by atoms with Crippen molar-refractivity contribution >= 4 is 17.3 Å². The van der Waals surface area contributed by atoms with Gasteiger partial charge in [-0.25, -0.2) is 0 Å². The van der Waals surface area contributed by atoms with Gasteiger partial charge in [0.2, 0.25) is 0 Å². The van der Waals surface area contributed by atoms with Crippen LogP contribution in [0.25, 0.3) is 0 Å². The third-order valence-electron chi connectivity index (χ3n) is 3.05. The van der Waals surface area contributed by atoms with E-state index in [9.17, 15) is 14.9 Å². The lowest BCUT2D eigenvalue weighted by atomic mass is 10.1. The number of nitro benzene ring substituents is 1. The molecular formula is C12H15N3O3. The number of nitrogens with zero attached hydrogens (tertiary/aromatic N) is 2. The summed E-state index contributed by atoms with van der Waals surface area (Å²) in [6.45, 7) is 0.682. The molecule has 0 heterocycles. The average Bonchev–Trinajstić information content (AvgIpc) is 3.12. The molecule has 1 amide bonds. The Bertz CT molecular complexity index is 497. The normalized spacial score (nSPS) is 14.3. The molecule has 1 fully saturated rings. The number of nitrogens with two attached hydrogens (primary N) is 1. The van der Waals surface area contributed by atoms with Crippen LogP contribution < -0.4 is 5.73 Å². The highest BCUT2D eigenvalue weighted by atomic mass is 16.6. The van der Waals surface area contributed by atoms with E-state index in [2.05, 4.69) is 0 Å². The summed E-state index contributed by atoms with van der Waals surface area (Å²) in [5.74, 6) is 0.307. The van der Waals surface area contributed by atoms with Crippen LogP contribution in [-0.2, 0) is 0 Å². The van der Waals surface area contributed by atoms with Gasteiger partial charge in [-0.3, -0.25) is 14.9 Å². The first-order chi connectivity index (χ1) is 8.49. The van der Waals surface area contributed by atoms with Gasteiger partial charge in [-0.05, 0) is 24.8 Å². The Morgan fingerprint density at radius 2 is 2.22 bits per heavy atom. The van der Waals surface area contributed by atoms with Gasteiger partial charge in [0, 0.05) is 31.4 Å². The van der Waals surface area contributed by atoms with Gasteiger partial charge in [-0.1, -0.05) is 0 Å². The summed E-state index contributed by atoms with van der Waals surface area (Å²) in [5.41, 5.74) is 6.06. The monoisotopic (exact) mass is 249 g/mol. The van der Waals surface area contributed by atoms with Gasteiger partial charge >= 0.3 is 0 Å². The van der Waals surface area contributed by atoms with Crippen molar-refractivity contribution in [1.82, 2.24) is 4.90 Å². The Hall–Kier alpha value is -2.11. The molecule has 0 atom stereocenters. The van der Waals surface area contributed by atoms with E-state index in [-0.39, 0.29) is 22.8 Å². The lowest BCUT2D eigenvalue weighted by molar-refractivity contribution is -0.384. The van der Waals surface area contributed by atoms with Crippen LogP contribution in [0.3, 0.4) is 0 Å². The molecule has 1 aromatic carbocycles. The molecule has 1 aliphatic rings. The van der Waals surface area contributed by atoms with Gasteiger partial charge in [0.15, 0.2) is 0 Å². The number of amides is 1. The third-order valence-corrected chi connectivity index (χ3v) is 3.05. The number of carbonyl (C=O) groups excluding carboxylic acids is 1. The maximum absolute atomic E-state index is 12.1. The molecule has 2 rings (SSSR count). The highest BCUT2D eigenvalue weighted by Crippen LogP contribution is 2.30. The smallest absolute Gasteiger partial charge is 0.270 e. The Balaban J connectivity index is 2.22. The van der Waals surface area contributed by atoms with Crippen molar-refractivity contribution in [3.63, 3.8) is 0 Å². The molecule has 1 aliphatic carbocycles. The fourth-order valence-electron chi connectivity index (χ4n) is 1.82. The number of anilines is 1. The molecule has 0 unspecified atom stereocenters. The number of carbonyl (C=O) groups is 1. The molecule has 1 saturated carbocycles. The van der Waals surface area contributed by atoms with Crippen LogP contribution in [0.15, 0.2) is 18.2 Å². The van der Waals surface area contributed by atoms with Crippen LogP contribution in [0.5, 0.6) is 0 Å². The van der Waals surface area contributed by atoms with E-state index in [1.165, 1.54) is 18.2 Å². The molecule has 0 spiro atoms. The molecule has 0 radical (unpaired) electrons. The van der Waals surface area contributed by atoms with Gasteiger partial charge in [-0.2, -0.15) is 0 Å². The fourth-order valence-corrected chi connectivity index (χ4v) is 1.82. The molecule has 0 saturated heterocycles. The van der Waals surface area contributed by atoms with Gasteiger partial charge in [0.25, 0.3) is 11.6 Å². The van der Waals surface area contributed by atoms with Crippen molar-refractivity contribution in [3.8, 4) is 0 Å².